The van der Waals surface area contributed by atoms with Crippen molar-refractivity contribution in [2.75, 3.05) is 0 Å². The maximum absolute atomic E-state index is 13.0. The van der Waals surface area contributed by atoms with E-state index in [0.717, 1.165) is 18.2 Å². The van der Waals surface area contributed by atoms with Gasteiger partial charge in [-0.15, -0.1) is 0 Å². The van der Waals surface area contributed by atoms with Crippen molar-refractivity contribution >= 4 is 12.0 Å². The quantitative estimate of drug-likeness (QED) is 0.653. The number of benzene rings is 1. The van der Waals surface area contributed by atoms with E-state index in [9.17, 15) is 13.6 Å². The van der Waals surface area contributed by atoms with Crippen molar-refractivity contribution in [3.05, 3.63) is 35.4 Å². The molecule has 1 aromatic rings. The Balaban J connectivity index is 2.82. The average Bonchev–Trinajstić information content (AvgIpc) is 2.20. The number of aromatic hydroxyl groups is 1. The van der Waals surface area contributed by atoms with Crippen LogP contribution in [-0.2, 0) is 9.53 Å². The van der Waals surface area contributed by atoms with E-state index in [4.69, 9.17) is 9.84 Å². The number of phenols is 1. The highest BCUT2D eigenvalue weighted by Gasteiger charge is 2.14. The first-order valence-electron chi connectivity index (χ1n) is 5.28. The van der Waals surface area contributed by atoms with Gasteiger partial charge >= 0.3 is 5.97 Å². The summed E-state index contributed by atoms with van der Waals surface area (Å²) in [6, 6.07) is 1.83. The maximum atomic E-state index is 13.0. The molecule has 0 amide bonds. The fourth-order valence-corrected chi connectivity index (χ4v) is 1.18. The van der Waals surface area contributed by atoms with Crippen LogP contribution in [0, 0.1) is 11.6 Å². The van der Waals surface area contributed by atoms with Crippen LogP contribution in [0.5, 0.6) is 5.75 Å². The first kappa shape index (κ1) is 14.2. The highest BCUT2D eigenvalue weighted by Crippen LogP contribution is 2.22. The molecule has 0 aromatic heterocycles. The smallest absolute Gasteiger partial charge is 0.331 e. The van der Waals surface area contributed by atoms with Gasteiger partial charge in [-0.25, -0.2) is 13.6 Å². The minimum atomic E-state index is -1.08. The van der Waals surface area contributed by atoms with Crippen LogP contribution in [0.2, 0.25) is 0 Å². The molecule has 0 unspecified atom stereocenters. The summed E-state index contributed by atoms with van der Waals surface area (Å²) in [6.45, 7) is 5.12. The molecule has 0 fully saturated rings. The van der Waals surface area contributed by atoms with E-state index >= 15 is 0 Å². The normalized spacial score (nSPS) is 11.8. The molecule has 0 aliphatic carbocycles. The van der Waals surface area contributed by atoms with Crippen molar-refractivity contribution in [1.29, 1.82) is 0 Å². The van der Waals surface area contributed by atoms with Gasteiger partial charge in [0, 0.05) is 6.08 Å². The summed E-state index contributed by atoms with van der Waals surface area (Å²) in [6.07, 6.45) is 2.27. The Hall–Kier alpha value is -1.91. The number of carbonyl (C=O) groups is 1. The molecule has 0 radical (unpaired) electrons. The molecular formula is C13H14F2O3. The first-order valence-corrected chi connectivity index (χ1v) is 5.28. The van der Waals surface area contributed by atoms with Crippen LogP contribution in [-0.4, -0.2) is 16.7 Å². The molecule has 0 saturated carbocycles. The average molecular weight is 256 g/mol. The van der Waals surface area contributed by atoms with Gasteiger partial charge in [0.2, 0.25) is 0 Å². The molecule has 1 N–H and O–H groups in total. The van der Waals surface area contributed by atoms with Crippen LogP contribution in [0.15, 0.2) is 18.2 Å². The summed E-state index contributed by atoms with van der Waals surface area (Å²) in [7, 11) is 0. The molecule has 0 bridgehead atoms. The summed E-state index contributed by atoms with van der Waals surface area (Å²) < 4.78 is 31.0. The van der Waals surface area contributed by atoms with Crippen molar-refractivity contribution in [2.45, 2.75) is 26.4 Å². The monoisotopic (exact) mass is 256 g/mol. The van der Waals surface area contributed by atoms with Crippen LogP contribution >= 0.6 is 0 Å². The number of ether oxygens (including phenoxy) is 1. The number of carbonyl (C=O) groups excluding carboxylic acids is 1. The molecule has 0 heterocycles. The number of esters is 1. The molecule has 98 valence electrons. The third-order valence-corrected chi connectivity index (χ3v) is 1.86. The van der Waals surface area contributed by atoms with Crippen LogP contribution in [0.25, 0.3) is 6.08 Å². The van der Waals surface area contributed by atoms with Crippen molar-refractivity contribution in [3.8, 4) is 5.75 Å². The highest BCUT2D eigenvalue weighted by molar-refractivity contribution is 5.87. The van der Waals surface area contributed by atoms with Crippen molar-refractivity contribution in [3.63, 3.8) is 0 Å². The highest BCUT2D eigenvalue weighted by atomic mass is 19.1. The molecule has 1 aromatic carbocycles. The Labute approximate surface area is 104 Å². The Morgan fingerprint density at radius 2 is 1.78 bits per heavy atom. The predicted molar refractivity (Wildman–Crippen MR) is 62.9 cm³/mol. The number of hydrogen-bond acceptors (Lipinski definition) is 3. The van der Waals surface area contributed by atoms with E-state index in [-0.39, 0.29) is 5.56 Å². The Kier molecular flexibility index (Phi) is 4.06. The molecule has 1 rings (SSSR count). The number of phenolic OH excluding ortho intramolecular Hbond substituents is 1. The Morgan fingerprint density at radius 3 is 2.22 bits per heavy atom. The number of hydrogen-bond donors (Lipinski definition) is 1. The number of rotatable bonds is 2. The van der Waals surface area contributed by atoms with Gasteiger partial charge in [-0.2, -0.15) is 0 Å². The minimum Gasteiger partial charge on any atom is -0.503 e. The topological polar surface area (TPSA) is 46.5 Å². The summed E-state index contributed by atoms with van der Waals surface area (Å²) >= 11 is 0. The van der Waals surface area contributed by atoms with Crippen LogP contribution in [0.1, 0.15) is 26.3 Å². The zero-order valence-electron chi connectivity index (χ0n) is 10.3. The van der Waals surface area contributed by atoms with Crippen molar-refractivity contribution in [1.82, 2.24) is 0 Å². The van der Waals surface area contributed by atoms with Gasteiger partial charge in [-0.3, -0.25) is 0 Å². The fourth-order valence-electron chi connectivity index (χ4n) is 1.18. The van der Waals surface area contributed by atoms with Gasteiger partial charge in [0.25, 0.3) is 0 Å². The molecule has 5 heteroatoms. The van der Waals surface area contributed by atoms with E-state index in [1.54, 1.807) is 20.8 Å². The van der Waals surface area contributed by atoms with E-state index in [1.165, 1.54) is 6.08 Å². The lowest BCUT2D eigenvalue weighted by Crippen LogP contribution is -2.22. The van der Waals surface area contributed by atoms with E-state index in [2.05, 4.69) is 0 Å². The zero-order chi connectivity index (χ0) is 13.9. The minimum absolute atomic E-state index is 0.119. The molecule has 18 heavy (non-hydrogen) atoms. The van der Waals surface area contributed by atoms with Crippen molar-refractivity contribution < 1.29 is 23.4 Å². The van der Waals surface area contributed by atoms with Gasteiger partial charge in [0.05, 0.1) is 0 Å². The maximum Gasteiger partial charge on any atom is 0.331 e. The predicted octanol–water partition coefficient (Wildman–Crippen LogP) is 3.03. The molecule has 0 atom stereocenters. The van der Waals surface area contributed by atoms with Gasteiger partial charge in [0.1, 0.15) is 5.60 Å². The summed E-state index contributed by atoms with van der Waals surface area (Å²) in [5.74, 6) is -3.82. The third-order valence-electron chi connectivity index (χ3n) is 1.86. The lowest BCUT2D eigenvalue weighted by molar-refractivity contribution is -0.148. The molecule has 3 nitrogen and oxygen atoms in total. The van der Waals surface area contributed by atoms with Gasteiger partial charge in [0.15, 0.2) is 17.4 Å². The van der Waals surface area contributed by atoms with Crippen LogP contribution in [0.4, 0.5) is 8.78 Å². The Morgan fingerprint density at radius 1 is 1.28 bits per heavy atom. The van der Waals surface area contributed by atoms with Crippen LogP contribution < -0.4 is 0 Å². The van der Waals surface area contributed by atoms with E-state index < -0.39 is 29.0 Å². The Bertz CT molecular complexity index is 464. The number of halogens is 2. The summed E-state index contributed by atoms with van der Waals surface area (Å²) in [5, 5.41) is 8.90. The largest absolute Gasteiger partial charge is 0.503 e. The molecule has 0 aliphatic rings. The van der Waals surface area contributed by atoms with E-state index in [1.807, 2.05) is 0 Å². The lowest BCUT2D eigenvalue weighted by Gasteiger charge is -2.17. The SMILES string of the molecule is CC(C)(C)OC(=O)C=Cc1cc(F)c(O)c(F)c1. The fraction of sp³-hybridized carbons (Fsp3) is 0.308. The second-order valence-electron chi connectivity index (χ2n) is 4.70. The van der Waals surface area contributed by atoms with Crippen LogP contribution in [0.3, 0.4) is 0 Å². The van der Waals surface area contributed by atoms with Gasteiger partial charge in [-0.05, 0) is 44.5 Å². The van der Waals surface area contributed by atoms with Gasteiger partial charge in [-0.1, -0.05) is 0 Å². The molecule has 0 saturated heterocycles. The summed E-state index contributed by atoms with van der Waals surface area (Å²) in [5.41, 5.74) is -0.513. The second kappa shape index (κ2) is 5.16. The van der Waals surface area contributed by atoms with Gasteiger partial charge < -0.3 is 9.84 Å². The lowest BCUT2D eigenvalue weighted by atomic mass is 10.2. The zero-order valence-corrected chi connectivity index (χ0v) is 10.3. The standard InChI is InChI=1S/C13H14F2O3/c1-13(2,3)18-11(16)5-4-8-6-9(14)12(17)10(15)7-8/h4-7,17H,1-3H3. The summed E-state index contributed by atoms with van der Waals surface area (Å²) in [4.78, 5) is 11.3. The second-order valence-corrected chi connectivity index (χ2v) is 4.70. The third kappa shape index (κ3) is 4.16. The van der Waals surface area contributed by atoms with Crippen molar-refractivity contribution in [2.24, 2.45) is 0 Å². The van der Waals surface area contributed by atoms with E-state index in [0.29, 0.717) is 0 Å². The molecular weight excluding hydrogens is 242 g/mol. The molecule has 0 aliphatic heterocycles. The first-order chi connectivity index (χ1) is 8.19. The molecule has 0 spiro atoms.